The summed E-state index contributed by atoms with van der Waals surface area (Å²) in [6, 6.07) is 13.2. The molecule has 10 heteroatoms. The molecule has 1 aromatic heterocycles. The van der Waals surface area contributed by atoms with E-state index in [2.05, 4.69) is 10.3 Å². The molecular formula is C23H19N3O5S2. The topological polar surface area (TPSA) is 97.8 Å². The fourth-order valence-corrected chi connectivity index (χ4v) is 5.32. The van der Waals surface area contributed by atoms with E-state index < -0.39 is 0 Å². The van der Waals surface area contributed by atoms with Crippen molar-refractivity contribution in [3.63, 3.8) is 0 Å². The van der Waals surface area contributed by atoms with Gasteiger partial charge < -0.3 is 14.8 Å². The quantitative estimate of drug-likeness (QED) is 0.513. The Kier molecular flexibility index (Phi) is 6.01. The van der Waals surface area contributed by atoms with Crippen LogP contribution in [0.3, 0.4) is 0 Å². The molecule has 0 spiro atoms. The highest BCUT2D eigenvalue weighted by atomic mass is 32.2. The van der Waals surface area contributed by atoms with Gasteiger partial charge >= 0.3 is 0 Å². The van der Waals surface area contributed by atoms with Crippen molar-refractivity contribution in [2.75, 3.05) is 19.9 Å². The molecule has 8 nitrogen and oxygen atoms in total. The largest absolute Gasteiger partial charge is 0.454 e. The Morgan fingerprint density at radius 2 is 2.00 bits per heavy atom. The number of imide groups is 1. The summed E-state index contributed by atoms with van der Waals surface area (Å²) in [6.07, 6.45) is 2.50. The number of carbonyl (C=O) groups excluding carboxylic acids is 3. The van der Waals surface area contributed by atoms with E-state index in [1.807, 2.05) is 24.3 Å². The summed E-state index contributed by atoms with van der Waals surface area (Å²) in [4.78, 5) is 43.2. The van der Waals surface area contributed by atoms with Crippen molar-refractivity contribution >= 4 is 56.4 Å². The van der Waals surface area contributed by atoms with E-state index in [0.717, 1.165) is 37.4 Å². The predicted molar refractivity (Wildman–Crippen MR) is 126 cm³/mol. The number of benzene rings is 2. The molecule has 0 radical (unpaired) electrons. The Hall–Kier alpha value is -3.37. The minimum atomic E-state index is -0.369. The van der Waals surface area contributed by atoms with E-state index in [1.54, 1.807) is 35.6 Å². The summed E-state index contributed by atoms with van der Waals surface area (Å²) in [6.45, 7) is 0.492. The van der Waals surface area contributed by atoms with Gasteiger partial charge in [-0.25, -0.2) is 4.98 Å². The second kappa shape index (κ2) is 9.24. The number of fused-ring (bicyclic) bond motifs is 2. The first-order valence-corrected chi connectivity index (χ1v) is 12.0. The second-order valence-electron chi connectivity index (χ2n) is 7.37. The number of aromatic nitrogens is 1. The molecule has 0 aliphatic carbocycles. The van der Waals surface area contributed by atoms with Gasteiger partial charge in [-0.1, -0.05) is 18.2 Å². The number of nitrogens with one attached hydrogen (secondary N) is 1. The molecule has 1 N–H and O–H groups in total. The minimum Gasteiger partial charge on any atom is -0.454 e. The van der Waals surface area contributed by atoms with E-state index in [4.69, 9.17) is 9.47 Å². The maximum absolute atomic E-state index is 12.7. The molecule has 3 heterocycles. The molecular weight excluding hydrogens is 462 g/mol. The number of hydrogen-bond donors (Lipinski definition) is 1. The van der Waals surface area contributed by atoms with Gasteiger partial charge in [0.2, 0.25) is 12.7 Å². The van der Waals surface area contributed by atoms with Crippen LogP contribution in [0.4, 0.5) is 4.79 Å². The Morgan fingerprint density at radius 3 is 2.88 bits per heavy atom. The molecule has 3 amide bonds. The number of ether oxygens (including phenoxy) is 2. The summed E-state index contributed by atoms with van der Waals surface area (Å²) in [5.74, 6) is 0.749. The molecule has 3 aromatic rings. The maximum atomic E-state index is 12.7. The summed E-state index contributed by atoms with van der Waals surface area (Å²) in [5, 5.41) is 3.34. The fourth-order valence-electron chi connectivity index (χ4n) is 3.49. The van der Waals surface area contributed by atoms with Crippen LogP contribution in [0.5, 0.6) is 11.5 Å². The first kappa shape index (κ1) is 21.5. The molecule has 1 saturated heterocycles. The highest BCUT2D eigenvalue weighted by molar-refractivity contribution is 8.18. The van der Waals surface area contributed by atoms with Crippen molar-refractivity contribution in [1.82, 2.24) is 15.2 Å². The Morgan fingerprint density at radius 1 is 1.15 bits per heavy atom. The van der Waals surface area contributed by atoms with Crippen molar-refractivity contribution < 1.29 is 23.9 Å². The first-order chi connectivity index (χ1) is 16.1. The summed E-state index contributed by atoms with van der Waals surface area (Å²) >= 11 is 2.46. The average Bonchev–Trinajstić information content (AvgIpc) is 3.51. The molecule has 0 bridgehead atoms. The lowest BCUT2D eigenvalue weighted by Crippen LogP contribution is -2.37. The van der Waals surface area contributed by atoms with Crippen molar-refractivity contribution in [2.24, 2.45) is 0 Å². The highest BCUT2D eigenvalue weighted by Gasteiger charge is 2.34. The number of thioether (sulfide) groups is 1. The fraction of sp³-hybridized carbons (Fsp3) is 0.217. The lowest BCUT2D eigenvalue weighted by atomic mass is 10.2. The lowest BCUT2D eigenvalue weighted by molar-refractivity contribution is -0.124. The number of para-hydroxylation sites is 1. The van der Waals surface area contributed by atoms with Crippen LogP contribution in [0, 0.1) is 0 Å². The number of carbonyl (C=O) groups is 3. The van der Waals surface area contributed by atoms with Crippen molar-refractivity contribution in [2.45, 2.75) is 12.8 Å². The molecule has 2 aliphatic heterocycles. The van der Waals surface area contributed by atoms with Crippen LogP contribution in [0.25, 0.3) is 16.3 Å². The van der Waals surface area contributed by atoms with E-state index in [1.165, 1.54) is 0 Å². The predicted octanol–water partition coefficient (Wildman–Crippen LogP) is 3.81. The van der Waals surface area contributed by atoms with Gasteiger partial charge in [0, 0.05) is 25.9 Å². The van der Waals surface area contributed by atoms with Crippen LogP contribution in [0.1, 0.15) is 17.0 Å². The molecule has 2 aliphatic rings. The van der Waals surface area contributed by atoms with Crippen LogP contribution in [-0.2, 0) is 16.0 Å². The number of amides is 3. The molecule has 33 heavy (non-hydrogen) atoms. The van der Waals surface area contributed by atoms with E-state index in [9.17, 15) is 14.4 Å². The van der Waals surface area contributed by atoms with Gasteiger partial charge in [-0.05, 0) is 47.7 Å². The van der Waals surface area contributed by atoms with Gasteiger partial charge in [0.15, 0.2) is 11.5 Å². The van der Waals surface area contributed by atoms with Gasteiger partial charge in [-0.2, -0.15) is 0 Å². The zero-order valence-electron chi connectivity index (χ0n) is 17.4. The van der Waals surface area contributed by atoms with Crippen LogP contribution in [-0.4, -0.2) is 46.8 Å². The van der Waals surface area contributed by atoms with Crippen LogP contribution >= 0.6 is 23.1 Å². The summed E-state index contributed by atoms with van der Waals surface area (Å²) in [7, 11) is 0. The van der Waals surface area contributed by atoms with Gasteiger partial charge in [-0.3, -0.25) is 19.3 Å². The van der Waals surface area contributed by atoms with Gasteiger partial charge in [0.1, 0.15) is 0 Å². The Labute approximate surface area is 197 Å². The molecule has 2 aromatic carbocycles. The summed E-state index contributed by atoms with van der Waals surface area (Å²) < 4.78 is 11.7. The normalized spacial score (nSPS) is 16.2. The molecule has 0 saturated carbocycles. The third-order valence-corrected chi connectivity index (χ3v) is 7.13. The first-order valence-electron chi connectivity index (χ1n) is 10.3. The lowest BCUT2D eigenvalue weighted by Gasteiger charge is -2.12. The van der Waals surface area contributed by atoms with Crippen molar-refractivity contribution in [3.05, 3.63) is 57.9 Å². The minimum absolute atomic E-state index is 0.121. The molecule has 1 fully saturated rings. The SMILES string of the molecule is O=C(CCc1nc2ccccc2s1)NCCN1C(=O)S/C(=C\c2ccc3c(c2)OCO3)C1=O. The maximum Gasteiger partial charge on any atom is 0.293 e. The Bertz CT molecular complexity index is 1250. The zero-order valence-corrected chi connectivity index (χ0v) is 19.0. The smallest absolute Gasteiger partial charge is 0.293 e. The number of nitrogens with zero attached hydrogens (tertiary/aromatic N) is 2. The van der Waals surface area contributed by atoms with Crippen LogP contribution in [0.15, 0.2) is 47.4 Å². The second-order valence-corrected chi connectivity index (χ2v) is 9.48. The van der Waals surface area contributed by atoms with Gasteiger partial charge in [0.25, 0.3) is 11.1 Å². The standard InChI is InChI=1S/C23H19N3O5S2/c27-20(7-8-21-25-15-3-1-2-4-18(15)32-21)24-9-10-26-22(28)19(33-23(26)29)12-14-5-6-16-17(11-14)31-13-30-16/h1-6,11-12H,7-10,13H2,(H,24,27)/b19-12-. The average molecular weight is 482 g/mol. The number of rotatable bonds is 7. The van der Waals surface area contributed by atoms with Gasteiger partial charge in [0.05, 0.1) is 20.1 Å². The molecule has 0 unspecified atom stereocenters. The van der Waals surface area contributed by atoms with Crippen molar-refractivity contribution in [3.8, 4) is 11.5 Å². The third-order valence-electron chi connectivity index (χ3n) is 5.13. The van der Waals surface area contributed by atoms with E-state index >= 15 is 0 Å². The molecule has 0 atom stereocenters. The van der Waals surface area contributed by atoms with Gasteiger partial charge in [-0.15, -0.1) is 11.3 Å². The van der Waals surface area contributed by atoms with Crippen LogP contribution < -0.4 is 14.8 Å². The van der Waals surface area contributed by atoms with E-state index in [-0.39, 0.29) is 36.9 Å². The zero-order chi connectivity index (χ0) is 22.8. The Balaban J connectivity index is 1.12. The number of thiazole rings is 1. The summed E-state index contributed by atoms with van der Waals surface area (Å²) in [5.41, 5.74) is 1.68. The third kappa shape index (κ3) is 4.71. The number of aryl methyl sites for hydroxylation is 1. The molecule has 168 valence electrons. The monoisotopic (exact) mass is 481 g/mol. The van der Waals surface area contributed by atoms with E-state index in [0.29, 0.717) is 29.2 Å². The van der Waals surface area contributed by atoms with Crippen molar-refractivity contribution in [1.29, 1.82) is 0 Å². The molecule has 5 rings (SSSR count). The highest BCUT2D eigenvalue weighted by Crippen LogP contribution is 2.36. The van der Waals surface area contributed by atoms with Crippen LogP contribution in [0.2, 0.25) is 0 Å². The number of hydrogen-bond acceptors (Lipinski definition) is 8.